The molecule has 0 saturated heterocycles. The maximum atomic E-state index is 11.0. The van der Waals surface area contributed by atoms with E-state index in [4.69, 9.17) is 0 Å². The van der Waals surface area contributed by atoms with Crippen LogP contribution in [0.3, 0.4) is 0 Å². The van der Waals surface area contributed by atoms with E-state index in [1.165, 1.54) is 6.20 Å². The molecule has 1 aliphatic rings. The molecule has 20 heavy (non-hydrogen) atoms. The number of nitrogens with one attached hydrogen (secondary N) is 2. The fourth-order valence-electron chi connectivity index (χ4n) is 1.75. The minimum Gasteiger partial charge on any atom is -0.361 e. The van der Waals surface area contributed by atoms with Crippen LogP contribution in [0.1, 0.15) is 12.8 Å². The van der Waals surface area contributed by atoms with Crippen molar-refractivity contribution >= 4 is 23.1 Å². The van der Waals surface area contributed by atoms with Gasteiger partial charge in [-0.05, 0) is 25.0 Å². The minimum absolute atomic E-state index is 0.101. The Kier molecular flexibility index (Phi) is 3.16. The van der Waals surface area contributed by atoms with Crippen LogP contribution in [-0.4, -0.2) is 20.9 Å². The molecule has 2 N–H and O–H groups in total. The zero-order valence-corrected chi connectivity index (χ0v) is 10.6. The average molecular weight is 271 g/mol. The first-order chi connectivity index (χ1) is 9.72. The fourth-order valence-corrected chi connectivity index (χ4v) is 1.75. The number of nitro groups is 1. The van der Waals surface area contributed by atoms with Crippen LogP contribution in [0.15, 0.2) is 36.5 Å². The molecule has 1 aromatic carbocycles. The first kappa shape index (κ1) is 12.3. The summed E-state index contributed by atoms with van der Waals surface area (Å²) < 4.78 is 0. The van der Waals surface area contributed by atoms with Gasteiger partial charge >= 0.3 is 5.69 Å². The maximum absolute atomic E-state index is 11.0. The van der Waals surface area contributed by atoms with E-state index in [1.54, 1.807) is 0 Å². The van der Waals surface area contributed by atoms with Gasteiger partial charge in [0.15, 0.2) is 0 Å². The quantitative estimate of drug-likeness (QED) is 0.641. The minimum atomic E-state index is -0.475. The van der Waals surface area contributed by atoms with Crippen LogP contribution < -0.4 is 10.6 Å². The average Bonchev–Trinajstić information content (AvgIpc) is 3.24. The first-order valence-corrected chi connectivity index (χ1v) is 6.32. The third kappa shape index (κ3) is 2.82. The molecule has 7 heteroatoms. The van der Waals surface area contributed by atoms with Gasteiger partial charge in [-0.1, -0.05) is 18.2 Å². The molecule has 102 valence electrons. The summed E-state index contributed by atoms with van der Waals surface area (Å²) in [5, 5.41) is 17.0. The van der Waals surface area contributed by atoms with E-state index in [2.05, 4.69) is 20.6 Å². The molecule has 0 amide bonds. The third-order valence-electron chi connectivity index (χ3n) is 2.91. The van der Waals surface area contributed by atoms with E-state index in [0.717, 1.165) is 18.5 Å². The van der Waals surface area contributed by atoms with Crippen LogP contribution in [-0.2, 0) is 0 Å². The lowest BCUT2D eigenvalue weighted by atomic mass is 10.3. The molecule has 0 bridgehead atoms. The molecule has 1 aliphatic carbocycles. The second-order valence-electron chi connectivity index (χ2n) is 4.59. The number of benzene rings is 1. The van der Waals surface area contributed by atoms with E-state index in [0.29, 0.717) is 5.95 Å². The molecule has 1 heterocycles. The number of rotatable bonds is 5. The molecule has 3 rings (SSSR count). The van der Waals surface area contributed by atoms with Crippen LogP contribution in [0.4, 0.5) is 23.1 Å². The molecule has 1 fully saturated rings. The molecule has 1 aromatic heterocycles. The van der Waals surface area contributed by atoms with Crippen molar-refractivity contribution in [1.29, 1.82) is 0 Å². The van der Waals surface area contributed by atoms with Crippen molar-refractivity contribution in [2.75, 3.05) is 10.6 Å². The van der Waals surface area contributed by atoms with Crippen molar-refractivity contribution in [1.82, 2.24) is 9.97 Å². The molecule has 7 nitrogen and oxygen atoms in total. The van der Waals surface area contributed by atoms with Gasteiger partial charge in [0, 0.05) is 11.7 Å². The number of nitrogens with zero attached hydrogens (tertiary/aromatic N) is 3. The molecule has 0 unspecified atom stereocenters. The van der Waals surface area contributed by atoms with Gasteiger partial charge in [-0.15, -0.1) is 0 Å². The SMILES string of the molecule is O=[N+]([O-])c1cnc(Nc2ccccc2)nc1NC1CC1. The predicted octanol–water partition coefficient (Wildman–Crippen LogP) is 2.70. The Labute approximate surface area is 115 Å². The van der Waals surface area contributed by atoms with E-state index in [1.807, 2.05) is 30.3 Å². The highest BCUT2D eigenvalue weighted by Crippen LogP contribution is 2.29. The summed E-state index contributed by atoms with van der Waals surface area (Å²) in [6.45, 7) is 0. The van der Waals surface area contributed by atoms with Crippen molar-refractivity contribution < 1.29 is 4.92 Å². The second kappa shape index (κ2) is 5.12. The van der Waals surface area contributed by atoms with Crippen molar-refractivity contribution in [2.45, 2.75) is 18.9 Å². The van der Waals surface area contributed by atoms with Gasteiger partial charge in [0.25, 0.3) is 0 Å². The number of para-hydroxylation sites is 1. The normalized spacial score (nSPS) is 13.8. The largest absolute Gasteiger partial charge is 0.361 e. The number of hydrogen-bond donors (Lipinski definition) is 2. The lowest BCUT2D eigenvalue weighted by Gasteiger charge is -2.08. The Morgan fingerprint density at radius 2 is 2.00 bits per heavy atom. The van der Waals surface area contributed by atoms with Crippen LogP contribution in [0.5, 0.6) is 0 Å². The number of hydrogen-bond acceptors (Lipinski definition) is 6. The van der Waals surface area contributed by atoms with Crippen molar-refractivity contribution in [2.24, 2.45) is 0 Å². The van der Waals surface area contributed by atoms with Gasteiger partial charge in [0.05, 0.1) is 4.92 Å². The summed E-state index contributed by atoms with van der Waals surface area (Å²) in [6.07, 6.45) is 3.26. The van der Waals surface area contributed by atoms with Crippen LogP contribution in [0.2, 0.25) is 0 Å². The zero-order chi connectivity index (χ0) is 13.9. The van der Waals surface area contributed by atoms with Gasteiger partial charge < -0.3 is 10.6 Å². The Balaban J connectivity index is 1.86. The van der Waals surface area contributed by atoms with Gasteiger partial charge in [-0.3, -0.25) is 10.1 Å². The Morgan fingerprint density at radius 1 is 1.25 bits per heavy atom. The molecule has 0 atom stereocenters. The van der Waals surface area contributed by atoms with Gasteiger partial charge in [-0.2, -0.15) is 4.98 Å². The molecule has 0 radical (unpaired) electrons. The van der Waals surface area contributed by atoms with E-state index in [-0.39, 0.29) is 17.5 Å². The van der Waals surface area contributed by atoms with Crippen molar-refractivity contribution in [3.63, 3.8) is 0 Å². The molecular formula is C13H13N5O2. The topological polar surface area (TPSA) is 93.0 Å². The molecular weight excluding hydrogens is 258 g/mol. The summed E-state index contributed by atoms with van der Waals surface area (Å²) in [5.41, 5.74) is 0.731. The highest BCUT2D eigenvalue weighted by Gasteiger charge is 2.26. The predicted molar refractivity (Wildman–Crippen MR) is 75.1 cm³/mol. The molecule has 1 saturated carbocycles. The molecule has 2 aromatic rings. The highest BCUT2D eigenvalue weighted by atomic mass is 16.6. The Bertz CT molecular complexity index is 628. The number of anilines is 3. The standard InChI is InChI=1S/C13H13N5O2/c19-18(20)11-8-14-13(16-9-4-2-1-3-5-9)17-12(11)15-10-6-7-10/h1-5,8,10H,6-7H2,(H2,14,15,16,17). The highest BCUT2D eigenvalue weighted by molar-refractivity contribution is 5.61. The van der Waals surface area contributed by atoms with Gasteiger partial charge in [0.2, 0.25) is 11.8 Å². The summed E-state index contributed by atoms with van der Waals surface area (Å²) >= 11 is 0. The monoisotopic (exact) mass is 271 g/mol. The van der Waals surface area contributed by atoms with Crippen molar-refractivity contribution in [3.05, 3.63) is 46.6 Å². The second-order valence-corrected chi connectivity index (χ2v) is 4.59. The van der Waals surface area contributed by atoms with Gasteiger partial charge in [-0.25, -0.2) is 4.98 Å². The zero-order valence-electron chi connectivity index (χ0n) is 10.6. The molecule has 0 spiro atoms. The Hall–Kier alpha value is -2.70. The van der Waals surface area contributed by atoms with Crippen molar-refractivity contribution in [3.8, 4) is 0 Å². The van der Waals surface area contributed by atoms with Crippen LogP contribution in [0.25, 0.3) is 0 Å². The van der Waals surface area contributed by atoms with E-state index < -0.39 is 4.92 Å². The summed E-state index contributed by atoms with van der Waals surface area (Å²) in [4.78, 5) is 18.7. The van der Waals surface area contributed by atoms with E-state index >= 15 is 0 Å². The van der Waals surface area contributed by atoms with E-state index in [9.17, 15) is 10.1 Å². The van der Waals surface area contributed by atoms with Crippen LogP contribution in [0, 0.1) is 10.1 Å². The maximum Gasteiger partial charge on any atom is 0.329 e. The smallest absolute Gasteiger partial charge is 0.329 e. The summed E-state index contributed by atoms with van der Waals surface area (Å²) in [6, 6.07) is 9.71. The lowest BCUT2D eigenvalue weighted by molar-refractivity contribution is -0.384. The Morgan fingerprint density at radius 3 is 2.65 bits per heavy atom. The van der Waals surface area contributed by atoms with Crippen LogP contribution >= 0.6 is 0 Å². The number of aromatic nitrogens is 2. The summed E-state index contributed by atoms with van der Waals surface area (Å²) in [5.74, 6) is 0.607. The first-order valence-electron chi connectivity index (χ1n) is 6.32. The third-order valence-corrected chi connectivity index (χ3v) is 2.91. The lowest BCUT2D eigenvalue weighted by Crippen LogP contribution is -2.08. The van der Waals surface area contributed by atoms with Gasteiger partial charge in [0.1, 0.15) is 6.20 Å². The fraction of sp³-hybridized carbons (Fsp3) is 0.231. The summed E-state index contributed by atoms with van der Waals surface area (Å²) in [7, 11) is 0. The molecule has 0 aliphatic heterocycles.